The Labute approximate surface area is 130 Å². The van der Waals surface area contributed by atoms with Gasteiger partial charge in [0.15, 0.2) is 10.4 Å². The first kappa shape index (κ1) is 15.3. The van der Waals surface area contributed by atoms with Crippen molar-refractivity contribution in [3.05, 3.63) is 58.0 Å². The average Bonchev–Trinajstić information content (AvgIpc) is 2.90. The van der Waals surface area contributed by atoms with Crippen molar-refractivity contribution in [2.24, 2.45) is 0 Å². The van der Waals surface area contributed by atoms with Gasteiger partial charge in [0.25, 0.3) is 11.8 Å². The lowest BCUT2D eigenvalue weighted by atomic mass is 10.1. The van der Waals surface area contributed by atoms with Gasteiger partial charge >= 0.3 is 0 Å². The van der Waals surface area contributed by atoms with Crippen LogP contribution in [0.2, 0.25) is 0 Å². The first-order chi connectivity index (χ1) is 10.1. The fourth-order valence-corrected chi connectivity index (χ4v) is 2.07. The van der Waals surface area contributed by atoms with E-state index < -0.39 is 0 Å². The van der Waals surface area contributed by atoms with Gasteiger partial charge in [-0.1, -0.05) is 17.7 Å². The number of rotatable bonds is 5. The highest BCUT2D eigenvalue weighted by Gasteiger charge is 2.10. The number of carbonyl (C=O) groups is 2. The number of hydrogen-bond donors (Lipinski definition) is 2. The third-order valence-electron chi connectivity index (χ3n) is 2.77. The summed E-state index contributed by atoms with van der Waals surface area (Å²) in [6.07, 6.45) is 0. The molecule has 1 aromatic heterocycles. The van der Waals surface area contributed by atoms with Crippen LogP contribution >= 0.6 is 15.9 Å². The van der Waals surface area contributed by atoms with Gasteiger partial charge in [0.05, 0.1) is 0 Å². The van der Waals surface area contributed by atoms with Gasteiger partial charge in [-0.3, -0.25) is 9.59 Å². The molecule has 0 aliphatic carbocycles. The SMILES string of the molecule is Cc1cccc(C(=O)NCCNC(=O)c2ccc(Br)o2)c1. The van der Waals surface area contributed by atoms with Crippen LogP contribution in [0, 0.1) is 6.92 Å². The maximum atomic E-state index is 11.9. The summed E-state index contributed by atoms with van der Waals surface area (Å²) in [5, 5.41) is 5.41. The van der Waals surface area contributed by atoms with Crippen molar-refractivity contribution in [1.82, 2.24) is 10.6 Å². The van der Waals surface area contributed by atoms with Crippen molar-refractivity contribution in [1.29, 1.82) is 0 Å². The Balaban J connectivity index is 1.75. The molecule has 2 amide bonds. The highest BCUT2D eigenvalue weighted by Crippen LogP contribution is 2.13. The van der Waals surface area contributed by atoms with E-state index in [0.717, 1.165) is 5.56 Å². The molecular formula is C15H15BrN2O3. The van der Waals surface area contributed by atoms with Crippen LogP contribution < -0.4 is 10.6 Å². The molecular weight excluding hydrogens is 336 g/mol. The molecule has 0 radical (unpaired) electrons. The maximum absolute atomic E-state index is 11.9. The van der Waals surface area contributed by atoms with Crippen LogP contribution in [0.25, 0.3) is 0 Å². The molecule has 21 heavy (non-hydrogen) atoms. The number of halogens is 1. The van der Waals surface area contributed by atoms with Crippen LogP contribution in [0.4, 0.5) is 0 Å². The first-order valence-electron chi connectivity index (χ1n) is 6.44. The minimum Gasteiger partial charge on any atom is -0.444 e. The van der Waals surface area contributed by atoms with Crippen molar-refractivity contribution in [2.75, 3.05) is 13.1 Å². The smallest absolute Gasteiger partial charge is 0.287 e. The van der Waals surface area contributed by atoms with Gasteiger partial charge in [0.2, 0.25) is 0 Å². The van der Waals surface area contributed by atoms with Crippen molar-refractivity contribution in [3.8, 4) is 0 Å². The molecule has 110 valence electrons. The molecule has 0 fully saturated rings. The molecule has 0 atom stereocenters. The Hall–Kier alpha value is -2.08. The highest BCUT2D eigenvalue weighted by molar-refractivity contribution is 9.10. The van der Waals surface area contributed by atoms with Crippen LogP contribution in [0.5, 0.6) is 0 Å². The number of benzene rings is 1. The summed E-state index contributed by atoms with van der Waals surface area (Å²) in [6, 6.07) is 10.5. The predicted molar refractivity (Wildman–Crippen MR) is 82.3 cm³/mol. The van der Waals surface area contributed by atoms with Crippen molar-refractivity contribution in [3.63, 3.8) is 0 Å². The van der Waals surface area contributed by atoms with E-state index >= 15 is 0 Å². The molecule has 6 heteroatoms. The van der Waals surface area contributed by atoms with E-state index in [9.17, 15) is 9.59 Å². The average molecular weight is 351 g/mol. The zero-order chi connectivity index (χ0) is 15.2. The third kappa shape index (κ3) is 4.46. The largest absolute Gasteiger partial charge is 0.444 e. The summed E-state index contributed by atoms with van der Waals surface area (Å²) >= 11 is 3.13. The summed E-state index contributed by atoms with van der Waals surface area (Å²) in [7, 11) is 0. The van der Waals surface area contributed by atoms with E-state index in [1.165, 1.54) is 0 Å². The number of carbonyl (C=O) groups excluding carboxylic acids is 2. The van der Waals surface area contributed by atoms with Crippen LogP contribution in [0.15, 0.2) is 45.5 Å². The van der Waals surface area contributed by atoms with Gasteiger partial charge in [-0.15, -0.1) is 0 Å². The van der Waals surface area contributed by atoms with Gasteiger partial charge in [-0.25, -0.2) is 0 Å². The molecule has 0 saturated heterocycles. The van der Waals surface area contributed by atoms with E-state index in [0.29, 0.717) is 23.3 Å². The lowest BCUT2D eigenvalue weighted by Crippen LogP contribution is -2.34. The second-order valence-corrected chi connectivity index (χ2v) is 5.27. The van der Waals surface area contributed by atoms with Crippen molar-refractivity contribution < 1.29 is 14.0 Å². The Morgan fingerprint density at radius 1 is 1.10 bits per heavy atom. The number of hydrogen-bond acceptors (Lipinski definition) is 3. The molecule has 5 nitrogen and oxygen atoms in total. The molecule has 0 unspecified atom stereocenters. The lowest BCUT2D eigenvalue weighted by molar-refractivity contribution is 0.0909. The number of aryl methyl sites for hydroxylation is 1. The van der Waals surface area contributed by atoms with E-state index in [1.807, 2.05) is 25.1 Å². The molecule has 1 aromatic carbocycles. The van der Waals surface area contributed by atoms with Gasteiger partial charge < -0.3 is 15.1 Å². The summed E-state index contributed by atoms with van der Waals surface area (Å²) < 4.78 is 5.62. The van der Waals surface area contributed by atoms with Crippen LogP contribution in [0.1, 0.15) is 26.5 Å². The third-order valence-corrected chi connectivity index (χ3v) is 3.20. The minimum atomic E-state index is -0.314. The van der Waals surface area contributed by atoms with Crippen LogP contribution in [-0.2, 0) is 0 Å². The van der Waals surface area contributed by atoms with E-state index in [-0.39, 0.29) is 17.6 Å². The van der Waals surface area contributed by atoms with Gasteiger partial charge in [-0.05, 0) is 47.1 Å². The Morgan fingerprint density at radius 2 is 1.81 bits per heavy atom. The van der Waals surface area contributed by atoms with Crippen LogP contribution in [-0.4, -0.2) is 24.9 Å². The monoisotopic (exact) mass is 350 g/mol. The van der Waals surface area contributed by atoms with Gasteiger partial charge in [0, 0.05) is 18.7 Å². The summed E-state index contributed by atoms with van der Waals surface area (Å²) in [4.78, 5) is 23.5. The fourth-order valence-electron chi connectivity index (χ4n) is 1.76. The first-order valence-corrected chi connectivity index (χ1v) is 7.24. The van der Waals surface area contributed by atoms with Crippen LogP contribution in [0.3, 0.4) is 0 Å². The zero-order valence-corrected chi connectivity index (χ0v) is 13.1. The zero-order valence-electron chi connectivity index (χ0n) is 11.5. The Morgan fingerprint density at radius 3 is 2.43 bits per heavy atom. The normalized spacial score (nSPS) is 10.2. The molecule has 0 aliphatic rings. The van der Waals surface area contributed by atoms with Gasteiger partial charge in [0.1, 0.15) is 0 Å². The van der Waals surface area contributed by atoms with E-state index in [1.54, 1.807) is 18.2 Å². The molecule has 2 rings (SSSR count). The predicted octanol–water partition coefficient (Wildman–Crippen LogP) is 2.51. The van der Waals surface area contributed by atoms with E-state index in [4.69, 9.17) is 4.42 Å². The second kappa shape index (κ2) is 7.08. The second-order valence-electron chi connectivity index (χ2n) is 4.49. The number of furan rings is 1. The Bertz CT molecular complexity index is 652. The molecule has 0 saturated carbocycles. The highest BCUT2D eigenvalue weighted by atomic mass is 79.9. The minimum absolute atomic E-state index is 0.159. The quantitative estimate of drug-likeness (QED) is 0.814. The molecule has 1 heterocycles. The van der Waals surface area contributed by atoms with Crippen molar-refractivity contribution >= 4 is 27.7 Å². The summed E-state index contributed by atoms with van der Waals surface area (Å²) in [6.45, 7) is 2.60. The van der Waals surface area contributed by atoms with E-state index in [2.05, 4.69) is 26.6 Å². The number of nitrogens with one attached hydrogen (secondary N) is 2. The summed E-state index contributed by atoms with van der Waals surface area (Å²) in [5.74, 6) is -0.244. The molecule has 0 aliphatic heterocycles. The standard InChI is InChI=1S/C15H15BrN2O3/c1-10-3-2-4-11(9-10)14(19)17-7-8-18-15(20)12-5-6-13(16)21-12/h2-6,9H,7-8H2,1H3,(H,17,19)(H,18,20). The van der Waals surface area contributed by atoms with Crippen molar-refractivity contribution in [2.45, 2.75) is 6.92 Å². The number of amides is 2. The molecule has 2 aromatic rings. The van der Waals surface area contributed by atoms with Gasteiger partial charge in [-0.2, -0.15) is 0 Å². The summed E-state index contributed by atoms with van der Waals surface area (Å²) in [5.41, 5.74) is 1.63. The molecule has 2 N–H and O–H groups in total. The molecule has 0 bridgehead atoms. The topological polar surface area (TPSA) is 71.3 Å². The Kier molecular flexibility index (Phi) is 5.16. The lowest BCUT2D eigenvalue weighted by Gasteiger charge is -2.06. The fraction of sp³-hybridized carbons (Fsp3) is 0.200. The maximum Gasteiger partial charge on any atom is 0.287 e. The molecule has 0 spiro atoms.